The Hall–Kier alpha value is -1.13. The maximum atomic E-state index is 14.4. The van der Waals surface area contributed by atoms with E-state index in [-0.39, 0.29) is 35.8 Å². The lowest BCUT2D eigenvalue weighted by Crippen LogP contribution is -2.46. The SMILES string of the molecule is CN=C(NCC1CCCN1CCOC)NC(C)c1ccc(OCC2CC2)c(F)c1.I. The molecule has 1 aromatic rings. The molecular formula is C22H36FIN4O2. The first kappa shape index (κ1) is 25.1. The van der Waals surface area contributed by atoms with Crippen molar-refractivity contribution >= 4 is 29.9 Å². The summed E-state index contributed by atoms with van der Waals surface area (Å²) in [6, 6.07) is 5.62. The molecule has 1 saturated heterocycles. The van der Waals surface area contributed by atoms with E-state index in [2.05, 4.69) is 20.5 Å². The summed E-state index contributed by atoms with van der Waals surface area (Å²) in [5, 5.41) is 6.78. The van der Waals surface area contributed by atoms with E-state index in [4.69, 9.17) is 9.47 Å². The maximum absolute atomic E-state index is 14.4. The number of likely N-dealkylation sites (tertiary alicyclic amines) is 1. The summed E-state index contributed by atoms with van der Waals surface area (Å²) in [7, 11) is 3.50. The summed E-state index contributed by atoms with van der Waals surface area (Å²) >= 11 is 0. The largest absolute Gasteiger partial charge is 0.490 e. The van der Waals surface area contributed by atoms with Crippen LogP contribution in [0.2, 0.25) is 0 Å². The van der Waals surface area contributed by atoms with E-state index in [0.29, 0.717) is 24.3 Å². The molecule has 8 heteroatoms. The highest BCUT2D eigenvalue weighted by atomic mass is 127. The zero-order valence-corrected chi connectivity index (χ0v) is 20.7. The van der Waals surface area contributed by atoms with Crippen LogP contribution >= 0.6 is 24.0 Å². The summed E-state index contributed by atoms with van der Waals surface area (Å²) in [5.41, 5.74) is 0.867. The number of methoxy groups -OCH3 is 1. The van der Waals surface area contributed by atoms with Crippen molar-refractivity contribution in [3.8, 4) is 5.75 Å². The van der Waals surface area contributed by atoms with Gasteiger partial charge in [-0.25, -0.2) is 4.39 Å². The normalized spacial score (nSPS) is 20.5. The summed E-state index contributed by atoms with van der Waals surface area (Å²) in [4.78, 5) is 6.79. The van der Waals surface area contributed by atoms with E-state index in [1.807, 2.05) is 13.0 Å². The second-order valence-electron chi connectivity index (χ2n) is 8.09. The molecule has 30 heavy (non-hydrogen) atoms. The minimum atomic E-state index is -0.306. The number of nitrogens with one attached hydrogen (secondary N) is 2. The highest BCUT2D eigenvalue weighted by Gasteiger charge is 2.24. The van der Waals surface area contributed by atoms with Crippen LogP contribution in [0.25, 0.3) is 0 Å². The summed E-state index contributed by atoms with van der Waals surface area (Å²) in [6.07, 6.45) is 4.78. The Labute approximate surface area is 197 Å². The Balaban J connectivity index is 0.00000320. The van der Waals surface area contributed by atoms with Crippen molar-refractivity contribution in [3.05, 3.63) is 29.6 Å². The molecule has 3 rings (SSSR count). The number of ether oxygens (including phenoxy) is 2. The van der Waals surface area contributed by atoms with E-state index < -0.39 is 0 Å². The van der Waals surface area contributed by atoms with Gasteiger partial charge in [-0.05, 0) is 62.8 Å². The quantitative estimate of drug-likeness (QED) is 0.273. The monoisotopic (exact) mass is 534 g/mol. The summed E-state index contributed by atoms with van der Waals surface area (Å²) in [6.45, 7) is 6.28. The number of benzene rings is 1. The van der Waals surface area contributed by atoms with Crippen molar-refractivity contribution in [1.29, 1.82) is 0 Å². The summed E-state index contributed by atoms with van der Waals surface area (Å²) < 4.78 is 25.2. The lowest BCUT2D eigenvalue weighted by molar-refractivity contribution is 0.141. The third kappa shape index (κ3) is 7.53. The molecule has 0 amide bonds. The highest BCUT2D eigenvalue weighted by molar-refractivity contribution is 14.0. The van der Waals surface area contributed by atoms with E-state index in [0.717, 1.165) is 37.8 Å². The van der Waals surface area contributed by atoms with Crippen LogP contribution in [0.15, 0.2) is 23.2 Å². The van der Waals surface area contributed by atoms with Gasteiger partial charge < -0.3 is 20.1 Å². The molecule has 1 aromatic carbocycles. The van der Waals surface area contributed by atoms with Crippen molar-refractivity contribution in [2.75, 3.05) is 47.0 Å². The first-order chi connectivity index (χ1) is 14.1. The number of hydrogen-bond acceptors (Lipinski definition) is 4. The van der Waals surface area contributed by atoms with Crippen molar-refractivity contribution in [3.63, 3.8) is 0 Å². The van der Waals surface area contributed by atoms with Crippen molar-refractivity contribution < 1.29 is 13.9 Å². The first-order valence-corrected chi connectivity index (χ1v) is 10.7. The molecule has 0 spiro atoms. The second kappa shape index (κ2) is 12.7. The first-order valence-electron chi connectivity index (χ1n) is 10.7. The molecule has 170 valence electrons. The van der Waals surface area contributed by atoms with Crippen LogP contribution in [0.4, 0.5) is 4.39 Å². The molecule has 2 atom stereocenters. The number of rotatable bonds is 10. The molecule has 2 N–H and O–H groups in total. The summed E-state index contributed by atoms with van der Waals surface area (Å²) in [5.74, 6) is 1.37. The van der Waals surface area contributed by atoms with Crippen molar-refractivity contribution in [2.45, 2.75) is 44.7 Å². The molecule has 1 heterocycles. The molecule has 1 aliphatic carbocycles. The molecule has 2 unspecified atom stereocenters. The van der Waals surface area contributed by atoms with E-state index in [1.54, 1.807) is 26.3 Å². The predicted molar refractivity (Wildman–Crippen MR) is 129 cm³/mol. The maximum Gasteiger partial charge on any atom is 0.191 e. The van der Waals surface area contributed by atoms with Gasteiger partial charge in [0, 0.05) is 33.3 Å². The number of hydrogen-bond donors (Lipinski definition) is 2. The van der Waals surface area contributed by atoms with Crippen LogP contribution in [0.3, 0.4) is 0 Å². The van der Waals surface area contributed by atoms with Crippen LogP contribution in [-0.2, 0) is 4.74 Å². The minimum Gasteiger partial charge on any atom is -0.490 e. The molecule has 0 radical (unpaired) electrons. The second-order valence-corrected chi connectivity index (χ2v) is 8.09. The molecule has 0 aromatic heterocycles. The fourth-order valence-corrected chi connectivity index (χ4v) is 3.72. The van der Waals surface area contributed by atoms with Gasteiger partial charge >= 0.3 is 0 Å². The fourth-order valence-electron chi connectivity index (χ4n) is 3.72. The Kier molecular flexibility index (Phi) is 10.6. The number of halogens is 2. The average molecular weight is 534 g/mol. The highest BCUT2D eigenvalue weighted by Crippen LogP contribution is 2.30. The Morgan fingerprint density at radius 2 is 2.13 bits per heavy atom. The topological polar surface area (TPSA) is 58.1 Å². The van der Waals surface area contributed by atoms with Crippen LogP contribution in [0.1, 0.15) is 44.2 Å². The lowest BCUT2D eigenvalue weighted by Gasteiger charge is -2.26. The van der Waals surface area contributed by atoms with Gasteiger partial charge in [0.2, 0.25) is 0 Å². The molecular weight excluding hydrogens is 498 g/mol. The van der Waals surface area contributed by atoms with Crippen LogP contribution in [0.5, 0.6) is 5.75 Å². The van der Waals surface area contributed by atoms with Gasteiger partial charge in [-0.15, -0.1) is 24.0 Å². The van der Waals surface area contributed by atoms with Gasteiger partial charge in [0.15, 0.2) is 17.5 Å². The van der Waals surface area contributed by atoms with Crippen LogP contribution in [0, 0.1) is 11.7 Å². The minimum absolute atomic E-state index is 0. The molecule has 2 aliphatic rings. The van der Waals surface area contributed by atoms with Gasteiger partial charge in [-0.1, -0.05) is 6.07 Å². The third-order valence-electron chi connectivity index (χ3n) is 5.79. The smallest absolute Gasteiger partial charge is 0.191 e. The molecule has 1 saturated carbocycles. The zero-order valence-electron chi connectivity index (χ0n) is 18.3. The number of guanidine groups is 1. The molecule has 6 nitrogen and oxygen atoms in total. The third-order valence-corrected chi connectivity index (χ3v) is 5.79. The van der Waals surface area contributed by atoms with Gasteiger partial charge in [-0.2, -0.15) is 0 Å². The van der Waals surface area contributed by atoms with Gasteiger partial charge in [0.25, 0.3) is 0 Å². The number of aliphatic imine (C=N–C) groups is 1. The zero-order chi connectivity index (χ0) is 20.6. The molecule has 1 aliphatic heterocycles. The van der Waals surface area contributed by atoms with E-state index in [9.17, 15) is 4.39 Å². The van der Waals surface area contributed by atoms with E-state index in [1.165, 1.54) is 25.7 Å². The molecule has 2 fully saturated rings. The van der Waals surface area contributed by atoms with Gasteiger partial charge in [-0.3, -0.25) is 9.89 Å². The number of nitrogens with zero attached hydrogens (tertiary/aromatic N) is 2. The van der Waals surface area contributed by atoms with Gasteiger partial charge in [0.1, 0.15) is 0 Å². The van der Waals surface area contributed by atoms with Crippen LogP contribution in [-0.4, -0.2) is 63.9 Å². The molecule has 0 bridgehead atoms. The van der Waals surface area contributed by atoms with Crippen LogP contribution < -0.4 is 15.4 Å². The van der Waals surface area contributed by atoms with E-state index >= 15 is 0 Å². The fraction of sp³-hybridized carbons (Fsp3) is 0.682. The van der Waals surface area contributed by atoms with Crippen molar-refractivity contribution in [1.82, 2.24) is 15.5 Å². The average Bonchev–Trinajstić information content (AvgIpc) is 3.45. The Bertz CT molecular complexity index is 687. The standard InChI is InChI=1S/C22H35FN4O2.HI/c1-16(18-8-9-21(20(23)13-18)29-15-17-6-7-17)26-22(24-2)25-14-19-5-4-10-27(19)11-12-28-3;/h8-9,13,16-17,19H,4-7,10-12,14-15H2,1-3H3,(H2,24,25,26);1H. The Morgan fingerprint density at radius 1 is 1.33 bits per heavy atom. The van der Waals surface area contributed by atoms with Crippen molar-refractivity contribution in [2.24, 2.45) is 10.9 Å². The predicted octanol–water partition coefficient (Wildman–Crippen LogP) is 3.57. The Morgan fingerprint density at radius 3 is 2.80 bits per heavy atom. The lowest BCUT2D eigenvalue weighted by atomic mass is 10.1. The van der Waals surface area contributed by atoms with Gasteiger partial charge in [0.05, 0.1) is 19.3 Å².